The van der Waals surface area contributed by atoms with Gasteiger partial charge >= 0.3 is 0 Å². The molecule has 0 fully saturated rings. The summed E-state index contributed by atoms with van der Waals surface area (Å²) in [6.07, 6.45) is 0.915. The Hall–Kier alpha value is -1.46. The summed E-state index contributed by atoms with van der Waals surface area (Å²) >= 11 is 7.03. The normalized spacial score (nSPS) is 11.2. The molecule has 3 rings (SSSR count). The van der Waals surface area contributed by atoms with Gasteiger partial charge in [-0.25, -0.2) is 4.98 Å². The Balaban J connectivity index is 1.99. The molecular formula is C13H13N3S2. The van der Waals surface area contributed by atoms with Crippen LogP contribution in [0, 0.1) is 11.7 Å². The molecule has 3 nitrogen and oxygen atoms in total. The van der Waals surface area contributed by atoms with E-state index in [1.54, 1.807) is 11.3 Å². The van der Waals surface area contributed by atoms with Gasteiger partial charge in [-0.1, -0.05) is 12.1 Å². The molecule has 18 heavy (non-hydrogen) atoms. The van der Waals surface area contributed by atoms with Gasteiger partial charge in [0.1, 0.15) is 0 Å². The maximum absolute atomic E-state index is 5.40. The molecule has 1 aromatic carbocycles. The van der Waals surface area contributed by atoms with Crippen LogP contribution < -0.4 is 0 Å². The summed E-state index contributed by atoms with van der Waals surface area (Å²) in [6, 6.07) is 6.27. The molecule has 0 saturated heterocycles. The standard InChI is InChI=1S/C13H13N3S2/c1-9-3-2-4-11-12(9)15-13(17)16(11)6-5-10-7-18-8-14-10/h2-4,7-8H,5-6H2,1H3,(H,15,17). The molecule has 5 heteroatoms. The monoisotopic (exact) mass is 275 g/mol. The highest BCUT2D eigenvalue weighted by molar-refractivity contribution is 7.71. The number of hydrogen-bond donors (Lipinski definition) is 1. The van der Waals surface area contributed by atoms with Crippen molar-refractivity contribution in [2.24, 2.45) is 0 Å². The second-order valence-corrected chi connectivity index (χ2v) is 5.39. The lowest BCUT2D eigenvalue weighted by molar-refractivity contribution is 0.698. The molecule has 0 radical (unpaired) electrons. The van der Waals surface area contributed by atoms with E-state index in [0.29, 0.717) is 0 Å². The lowest BCUT2D eigenvalue weighted by Crippen LogP contribution is -2.01. The molecule has 0 spiro atoms. The first-order valence-electron chi connectivity index (χ1n) is 5.81. The number of rotatable bonds is 3. The third-order valence-corrected chi connectivity index (χ3v) is 4.05. The predicted molar refractivity (Wildman–Crippen MR) is 77.7 cm³/mol. The maximum Gasteiger partial charge on any atom is 0.178 e. The number of imidazole rings is 1. The second kappa shape index (κ2) is 4.66. The van der Waals surface area contributed by atoms with Crippen molar-refractivity contribution in [3.63, 3.8) is 0 Å². The number of aryl methyl sites for hydroxylation is 3. The summed E-state index contributed by atoms with van der Waals surface area (Å²) in [7, 11) is 0. The van der Waals surface area contributed by atoms with Gasteiger partial charge in [0, 0.05) is 18.3 Å². The van der Waals surface area contributed by atoms with E-state index in [1.165, 1.54) is 11.1 Å². The van der Waals surface area contributed by atoms with Crippen LogP contribution in [0.15, 0.2) is 29.1 Å². The third-order valence-electron chi connectivity index (χ3n) is 3.09. The number of nitrogens with one attached hydrogen (secondary N) is 1. The number of para-hydroxylation sites is 1. The fourth-order valence-corrected chi connectivity index (χ4v) is 3.02. The highest BCUT2D eigenvalue weighted by atomic mass is 32.1. The van der Waals surface area contributed by atoms with Gasteiger partial charge in [0.05, 0.1) is 22.2 Å². The first kappa shape index (κ1) is 11.6. The van der Waals surface area contributed by atoms with E-state index in [9.17, 15) is 0 Å². The number of H-pyrrole nitrogens is 1. The summed E-state index contributed by atoms with van der Waals surface area (Å²) in [5.41, 5.74) is 6.54. The predicted octanol–water partition coefficient (Wildman–Crippen LogP) is 3.71. The van der Waals surface area contributed by atoms with Gasteiger partial charge in [-0.05, 0) is 30.8 Å². The fourth-order valence-electron chi connectivity index (χ4n) is 2.13. The molecule has 1 N–H and O–H groups in total. The van der Waals surface area contributed by atoms with E-state index >= 15 is 0 Å². The number of aromatic amines is 1. The molecule has 0 bridgehead atoms. The molecule has 92 valence electrons. The Morgan fingerprint density at radius 3 is 3.11 bits per heavy atom. The molecule has 0 aliphatic carbocycles. The van der Waals surface area contributed by atoms with Gasteiger partial charge < -0.3 is 9.55 Å². The van der Waals surface area contributed by atoms with Crippen molar-refractivity contribution in [3.05, 3.63) is 45.1 Å². The summed E-state index contributed by atoms with van der Waals surface area (Å²) in [5, 5.41) is 2.09. The quantitative estimate of drug-likeness (QED) is 0.739. The first-order valence-corrected chi connectivity index (χ1v) is 7.16. The van der Waals surface area contributed by atoms with E-state index < -0.39 is 0 Å². The smallest absolute Gasteiger partial charge is 0.178 e. The summed E-state index contributed by atoms with van der Waals surface area (Å²) in [6.45, 7) is 2.96. The number of fused-ring (bicyclic) bond motifs is 1. The summed E-state index contributed by atoms with van der Waals surface area (Å²) in [4.78, 5) is 7.59. The van der Waals surface area contributed by atoms with Crippen LogP contribution in [0.2, 0.25) is 0 Å². The molecule has 2 heterocycles. The summed E-state index contributed by atoms with van der Waals surface area (Å²) < 4.78 is 2.94. The van der Waals surface area contributed by atoms with Crippen molar-refractivity contribution in [2.45, 2.75) is 19.9 Å². The molecule has 0 unspecified atom stereocenters. The Kier molecular flexibility index (Phi) is 3.01. The molecule has 0 amide bonds. The van der Waals surface area contributed by atoms with Crippen molar-refractivity contribution in [3.8, 4) is 0 Å². The second-order valence-electron chi connectivity index (χ2n) is 4.28. The van der Waals surface area contributed by atoms with Crippen LogP contribution in [0.4, 0.5) is 0 Å². The zero-order valence-corrected chi connectivity index (χ0v) is 11.6. The highest BCUT2D eigenvalue weighted by Crippen LogP contribution is 2.18. The van der Waals surface area contributed by atoms with Crippen LogP contribution in [-0.2, 0) is 13.0 Å². The topological polar surface area (TPSA) is 33.6 Å². The minimum atomic E-state index is 0.787. The minimum absolute atomic E-state index is 0.787. The molecule has 3 aromatic rings. The van der Waals surface area contributed by atoms with Crippen LogP contribution >= 0.6 is 23.6 Å². The van der Waals surface area contributed by atoms with E-state index in [0.717, 1.165) is 28.9 Å². The zero-order chi connectivity index (χ0) is 12.5. The molecule has 0 aliphatic rings. The molecule has 0 aliphatic heterocycles. The van der Waals surface area contributed by atoms with Gasteiger partial charge in [-0.15, -0.1) is 11.3 Å². The van der Waals surface area contributed by atoms with Crippen LogP contribution in [0.5, 0.6) is 0 Å². The van der Waals surface area contributed by atoms with Crippen LogP contribution in [0.1, 0.15) is 11.3 Å². The van der Waals surface area contributed by atoms with Gasteiger partial charge in [0.2, 0.25) is 0 Å². The van der Waals surface area contributed by atoms with E-state index in [1.807, 2.05) is 5.51 Å². The number of nitrogens with zero attached hydrogens (tertiary/aromatic N) is 2. The van der Waals surface area contributed by atoms with E-state index in [2.05, 4.69) is 45.0 Å². The van der Waals surface area contributed by atoms with Crippen molar-refractivity contribution >= 4 is 34.6 Å². The fraction of sp³-hybridized carbons (Fsp3) is 0.231. The Morgan fingerprint density at radius 2 is 2.33 bits per heavy atom. The van der Waals surface area contributed by atoms with Gasteiger partial charge in [-0.3, -0.25) is 0 Å². The first-order chi connectivity index (χ1) is 8.75. The number of aromatic nitrogens is 3. The lowest BCUT2D eigenvalue weighted by atomic mass is 10.2. The largest absolute Gasteiger partial charge is 0.330 e. The minimum Gasteiger partial charge on any atom is -0.330 e. The lowest BCUT2D eigenvalue weighted by Gasteiger charge is -2.03. The average molecular weight is 275 g/mol. The Labute approximate surface area is 114 Å². The van der Waals surface area contributed by atoms with Crippen molar-refractivity contribution in [2.75, 3.05) is 0 Å². The molecule has 0 saturated carbocycles. The van der Waals surface area contributed by atoms with Crippen molar-refractivity contribution in [1.29, 1.82) is 0 Å². The Morgan fingerprint density at radius 1 is 1.44 bits per heavy atom. The SMILES string of the molecule is Cc1cccc2c1[nH]c(=S)n2CCc1cscn1. The number of hydrogen-bond acceptors (Lipinski definition) is 3. The Bertz CT molecular complexity index is 722. The van der Waals surface area contributed by atoms with E-state index in [4.69, 9.17) is 12.2 Å². The van der Waals surface area contributed by atoms with Crippen molar-refractivity contribution in [1.82, 2.24) is 14.5 Å². The molecule has 2 aromatic heterocycles. The van der Waals surface area contributed by atoms with Crippen molar-refractivity contribution < 1.29 is 0 Å². The van der Waals surface area contributed by atoms with E-state index in [-0.39, 0.29) is 0 Å². The maximum atomic E-state index is 5.40. The third kappa shape index (κ3) is 2.00. The summed E-state index contributed by atoms with van der Waals surface area (Å²) in [5.74, 6) is 0. The molecule has 0 atom stereocenters. The molecular weight excluding hydrogens is 262 g/mol. The van der Waals surface area contributed by atoms with Crippen LogP contribution in [-0.4, -0.2) is 14.5 Å². The van der Waals surface area contributed by atoms with Crippen LogP contribution in [0.25, 0.3) is 11.0 Å². The van der Waals surface area contributed by atoms with Gasteiger partial charge in [0.15, 0.2) is 4.77 Å². The number of thiazole rings is 1. The number of benzene rings is 1. The van der Waals surface area contributed by atoms with Gasteiger partial charge in [-0.2, -0.15) is 0 Å². The zero-order valence-electron chi connectivity index (χ0n) is 10.0. The highest BCUT2D eigenvalue weighted by Gasteiger charge is 2.06. The van der Waals surface area contributed by atoms with Crippen LogP contribution in [0.3, 0.4) is 0 Å². The van der Waals surface area contributed by atoms with Gasteiger partial charge in [0.25, 0.3) is 0 Å². The average Bonchev–Trinajstić information content (AvgIpc) is 2.95.